The smallest absolute Gasteiger partial charge is 0.408 e. The number of rotatable bonds is 8. The first-order valence-electron chi connectivity index (χ1n) is 13.7. The Bertz CT molecular complexity index is 1330. The van der Waals surface area contributed by atoms with Crippen molar-refractivity contribution in [3.8, 4) is 17.4 Å². The molecule has 1 aliphatic heterocycles. The van der Waals surface area contributed by atoms with Crippen LogP contribution in [0.15, 0.2) is 12.1 Å². The standard InChI is InChI=1S/C29H40N4O8/c1-28(2,3)22(31-27(37)41-29(4,5)6)25(34)33-14-16(11-19(33)26(35)36)40-24-17-12-20(38-7)21(39-8)13-18(17)30-23(32-24)15-9-10-15/h12-13,15-16,19,22H,9-11,14H2,1-8H3,(H,31,37)(H,35,36)/t16-,19?,22?/m1/s1. The summed E-state index contributed by atoms with van der Waals surface area (Å²) in [5.74, 6) is 0.470. The number of ether oxygens (including phenoxy) is 4. The fourth-order valence-electron chi connectivity index (χ4n) is 4.82. The molecule has 12 nitrogen and oxygen atoms in total. The van der Waals surface area contributed by atoms with Crippen LogP contribution >= 0.6 is 0 Å². The second kappa shape index (κ2) is 11.2. The summed E-state index contributed by atoms with van der Waals surface area (Å²) in [4.78, 5) is 49.4. The summed E-state index contributed by atoms with van der Waals surface area (Å²) in [6.07, 6.45) is 0.574. The molecular weight excluding hydrogens is 532 g/mol. The lowest BCUT2D eigenvalue weighted by Crippen LogP contribution is -2.57. The van der Waals surface area contributed by atoms with E-state index in [0.717, 1.165) is 12.8 Å². The molecule has 2 fully saturated rings. The fraction of sp³-hybridized carbons (Fsp3) is 0.621. The monoisotopic (exact) mass is 572 g/mol. The van der Waals surface area contributed by atoms with Crippen molar-refractivity contribution >= 4 is 28.9 Å². The predicted molar refractivity (Wildman–Crippen MR) is 149 cm³/mol. The number of methoxy groups -OCH3 is 2. The average molecular weight is 573 g/mol. The van der Waals surface area contributed by atoms with Gasteiger partial charge in [0.25, 0.3) is 0 Å². The molecule has 1 aromatic heterocycles. The van der Waals surface area contributed by atoms with Gasteiger partial charge in [-0.2, -0.15) is 4.98 Å². The lowest BCUT2D eigenvalue weighted by atomic mass is 9.85. The molecule has 2 aliphatic rings. The zero-order valence-electron chi connectivity index (χ0n) is 24.9. The summed E-state index contributed by atoms with van der Waals surface area (Å²) in [5, 5.41) is 13.3. The second-order valence-electron chi connectivity index (χ2n) is 12.7. The van der Waals surface area contributed by atoms with Crippen LogP contribution in [-0.2, 0) is 14.3 Å². The number of likely N-dealkylation sites (tertiary alicyclic amines) is 1. The minimum atomic E-state index is -1.16. The van der Waals surface area contributed by atoms with E-state index in [1.54, 1.807) is 60.8 Å². The van der Waals surface area contributed by atoms with Crippen LogP contribution in [0.1, 0.15) is 72.5 Å². The number of aromatic nitrogens is 2. The maximum Gasteiger partial charge on any atom is 0.408 e. The van der Waals surface area contributed by atoms with E-state index in [1.807, 2.05) is 0 Å². The molecule has 1 saturated carbocycles. The maximum atomic E-state index is 13.8. The number of hydrogen-bond acceptors (Lipinski definition) is 9. The molecule has 2 unspecified atom stereocenters. The van der Waals surface area contributed by atoms with E-state index < -0.39 is 47.2 Å². The first-order valence-corrected chi connectivity index (χ1v) is 13.7. The highest BCUT2D eigenvalue weighted by Gasteiger charge is 2.46. The number of aliphatic carboxylic acids is 1. The Balaban J connectivity index is 1.63. The van der Waals surface area contributed by atoms with Gasteiger partial charge in [0.05, 0.1) is 31.7 Å². The predicted octanol–water partition coefficient (Wildman–Crippen LogP) is 3.90. The lowest BCUT2D eigenvalue weighted by molar-refractivity contribution is -0.150. The van der Waals surface area contributed by atoms with Crippen LogP contribution in [0.2, 0.25) is 0 Å². The number of carboxylic acid groups (broad SMARTS) is 1. The molecule has 2 amide bonds. The first kappa shape index (κ1) is 30.1. The normalized spacial score (nSPS) is 20.0. The van der Waals surface area contributed by atoms with Crippen LogP contribution in [0.25, 0.3) is 10.9 Å². The Hall–Kier alpha value is -3.83. The van der Waals surface area contributed by atoms with E-state index in [9.17, 15) is 19.5 Å². The highest BCUT2D eigenvalue weighted by atomic mass is 16.6. The molecule has 2 heterocycles. The number of benzene rings is 1. The zero-order valence-corrected chi connectivity index (χ0v) is 24.9. The Kier molecular flexibility index (Phi) is 8.24. The largest absolute Gasteiger partial charge is 0.493 e. The molecule has 1 saturated heterocycles. The van der Waals surface area contributed by atoms with Crippen LogP contribution in [0.3, 0.4) is 0 Å². The average Bonchev–Trinajstić information content (AvgIpc) is 3.63. The van der Waals surface area contributed by atoms with Gasteiger partial charge in [-0.15, -0.1) is 0 Å². The van der Waals surface area contributed by atoms with Crippen molar-refractivity contribution in [1.82, 2.24) is 20.2 Å². The quantitative estimate of drug-likeness (QED) is 0.477. The van der Waals surface area contributed by atoms with Crippen molar-refractivity contribution in [3.63, 3.8) is 0 Å². The Morgan fingerprint density at radius 1 is 1.02 bits per heavy atom. The van der Waals surface area contributed by atoms with E-state index in [1.165, 1.54) is 12.0 Å². The molecule has 1 aliphatic carbocycles. The summed E-state index contributed by atoms with van der Waals surface area (Å²) in [5.41, 5.74) is -0.879. The van der Waals surface area contributed by atoms with Gasteiger partial charge in [0, 0.05) is 18.4 Å². The number of carbonyl (C=O) groups excluding carboxylic acids is 2. The van der Waals surface area contributed by atoms with Crippen LogP contribution in [0.5, 0.6) is 17.4 Å². The lowest BCUT2D eigenvalue weighted by Gasteiger charge is -2.35. The SMILES string of the molecule is COc1cc2nc(C3CC3)nc(O[C@@H]3CC(C(=O)O)N(C(=O)C(NC(=O)OC(C)(C)C)C(C)(C)C)C3)c2cc1OC. The van der Waals surface area contributed by atoms with E-state index in [4.69, 9.17) is 28.9 Å². The van der Waals surface area contributed by atoms with Gasteiger partial charge >= 0.3 is 12.1 Å². The molecule has 41 heavy (non-hydrogen) atoms. The summed E-state index contributed by atoms with van der Waals surface area (Å²) >= 11 is 0. The molecular formula is C29H40N4O8. The number of nitrogens with zero attached hydrogens (tertiary/aromatic N) is 3. The number of alkyl carbamates (subject to hydrolysis) is 1. The fourth-order valence-corrected chi connectivity index (χ4v) is 4.82. The summed E-state index contributed by atoms with van der Waals surface area (Å²) in [7, 11) is 3.07. The van der Waals surface area contributed by atoms with Gasteiger partial charge in [-0.1, -0.05) is 20.8 Å². The van der Waals surface area contributed by atoms with Gasteiger partial charge in [-0.05, 0) is 45.1 Å². The number of fused-ring (bicyclic) bond motifs is 1. The van der Waals surface area contributed by atoms with Gasteiger partial charge in [-0.25, -0.2) is 14.6 Å². The molecule has 4 rings (SSSR count). The topological polar surface area (TPSA) is 149 Å². The number of carboxylic acids is 1. The van der Waals surface area contributed by atoms with Crippen LogP contribution < -0.4 is 19.5 Å². The Morgan fingerprint density at radius 2 is 1.66 bits per heavy atom. The summed E-state index contributed by atoms with van der Waals surface area (Å²) in [6, 6.07) is 1.31. The van der Waals surface area contributed by atoms with Crippen molar-refractivity contribution in [2.24, 2.45) is 5.41 Å². The third-order valence-corrected chi connectivity index (χ3v) is 7.01. The van der Waals surface area contributed by atoms with Crippen LogP contribution in [0.4, 0.5) is 4.79 Å². The Morgan fingerprint density at radius 3 is 2.20 bits per heavy atom. The van der Waals surface area contributed by atoms with Gasteiger partial charge in [-0.3, -0.25) is 4.79 Å². The van der Waals surface area contributed by atoms with Crippen LogP contribution in [0, 0.1) is 5.41 Å². The van der Waals surface area contributed by atoms with Gasteiger partial charge < -0.3 is 34.3 Å². The molecule has 2 aromatic rings. The van der Waals surface area contributed by atoms with Crippen molar-refractivity contribution in [3.05, 3.63) is 18.0 Å². The van der Waals surface area contributed by atoms with E-state index in [2.05, 4.69) is 5.32 Å². The first-order chi connectivity index (χ1) is 19.1. The number of amides is 2. The minimum absolute atomic E-state index is 0.00404. The molecule has 3 atom stereocenters. The van der Waals surface area contributed by atoms with Gasteiger partial charge in [0.15, 0.2) is 11.5 Å². The van der Waals surface area contributed by atoms with Gasteiger partial charge in [0.2, 0.25) is 11.8 Å². The number of carbonyl (C=O) groups is 3. The van der Waals surface area contributed by atoms with Gasteiger partial charge in [0.1, 0.15) is 29.6 Å². The van der Waals surface area contributed by atoms with E-state index >= 15 is 0 Å². The molecule has 0 radical (unpaired) electrons. The highest BCUT2D eigenvalue weighted by molar-refractivity contribution is 5.91. The molecule has 224 valence electrons. The minimum Gasteiger partial charge on any atom is -0.493 e. The van der Waals surface area contributed by atoms with E-state index in [0.29, 0.717) is 34.1 Å². The zero-order chi connectivity index (χ0) is 30.3. The second-order valence-corrected chi connectivity index (χ2v) is 12.7. The van der Waals surface area contributed by atoms with Crippen molar-refractivity contribution in [2.45, 2.75) is 90.5 Å². The molecule has 0 spiro atoms. The molecule has 0 bridgehead atoms. The van der Waals surface area contributed by atoms with E-state index in [-0.39, 0.29) is 18.9 Å². The highest BCUT2D eigenvalue weighted by Crippen LogP contribution is 2.42. The molecule has 2 N–H and O–H groups in total. The molecule has 12 heteroatoms. The van der Waals surface area contributed by atoms with Crippen molar-refractivity contribution in [2.75, 3.05) is 20.8 Å². The van der Waals surface area contributed by atoms with Crippen LogP contribution in [-0.4, -0.2) is 82.5 Å². The number of hydrogen-bond donors (Lipinski definition) is 2. The summed E-state index contributed by atoms with van der Waals surface area (Å²) in [6.45, 7) is 10.5. The third-order valence-electron chi connectivity index (χ3n) is 7.01. The summed E-state index contributed by atoms with van der Waals surface area (Å²) < 4.78 is 22.6. The van der Waals surface area contributed by atoms with Crippen molar-refractivity contribution in [1.29, 1.82) is 0 Å². The third kappa shape index (κ3) is 6.91. The number of nitrogens with one attached hydrogen (secondary N) is 1. The molecule has 1 aromatic carbocycles. The van der Waals surface area contributed by atoms with Crippen molar-refractivity contribution < 1.29 is 38.4 Å². The maximum absolute atomic E-state index is 13.8. The Labute approximate surface area is 239 Å².